The topological polar surface area (TPSA) is 20.2 Å². The van der Waals surface area contributed by atoms with Crippen LogP contribution >= 0.6 is 0 Å². The third-order valence-corrected chi connectivity index (χ3v) is 3.69. The maximum Gasteiger partial charge on any atom is 0.0459 e. The molecule has 0 atom stereocenters. The largest absolute Gasteiger partial charge is 0.396 e. The SMILES string of the molecule is CCCCCCCC(CO)CCCCCCC. The van der Waals surface area contributed by atoms with Gasteiger partial charge in [0.1, 0.15) is 0 Å². The molecule has 0 bridgehead atoms. The minimum absolute atomic E-state index is 0.404. The van der Waals surface area contributed by atoms with E-state index >= 15 is 0 Å². The molecule has 0 aliphatic carbocycles. The highest BCUT2D eigenvalue weighted by Crippen LogP contribution is 2.18. The predicted octanol–water partition coefficient (Wildman–Crippen LogP) is 5.32. The van der Waals surface area contributed by atoms with Crippen LogP contribution in [0.4, 0.5) is 0 Å². The van der Waals surface area contributed by atoms with Crippen LogP contribution < -0.4 is 0 Å². The number of rotatable bonds is 13. The third-order valence-electron chi connectivity index (χ3n) is 3.69. The van der Waals surface area contributed by atoms with Gasteiger partial charge in [-0.25, -0.2) is 0 Å². The van der Waals surface area contributed by atoms with Crippen LogP contribution in [0.2, 0.25) is 0 Å². The molecule has 0 heterocycles. The van der Waals surface area contributed by atoms with Gasteiger partial charge in [-0.05, 0) is 18.8 Å². The van der Waals surface area contributed by atoms with Crippen LogP contribution in [0, 0.1) is 5.92 Å². The Morgan fingerprint density at radius 2 is 1.06 bits per heavy atom. The van der Waals surface area contributed by atoms with E-state index in [1.807, 2.05) is 0 Å². The lowest BCUT2D eigenvalue weighted by Crippen LogP contribution is -2.06. The Morgan fingerprint density at radius 1 is 0.647 bits per heavy atom. The van der Waals surface area contributed by atoms with Crippen LogP contribution in [0.3, 0.4) is 0 Å². The highest BCUT2D eigenvalue weighted by Gasteiger charge is 2.06. The molecular formula is C16H34O. The minimum Gasteiger partial charge on any atom is -0.396 e. The maximum absolute atomic E-state index is 9.33. The van der Waals surface area contributed by atoms with Crippen molar-refractivity contribution in [3.05, 3.63) is 0 Å². The summed E-state index contributed by atoms with van der Waals surface area (Å²) in [5.41, 5.74) is 0. The van der Waals surface area contributed by atoms with E-state index in [-0.39, 0.29) is 0 Å². The predicted molar refractivity (Wildman–Crippen MR) is 77.3 cm³/mol. The quantitative estimate of drug-likeness (QED) is 0.434. The molecule has 0 aromatic rings. The Morgan fingerprint density at radius 3 is 1.41 bits per heavy atom. The van der Waals surface area contributed by atoms with Gasteiger partial charge in [-0.1, -0.05) is 78.1 Å². The Kier molecular flexibility index (Phi) is 14.0. The fourth-order valence-electron chi connectivity index (χ4n) is 2.40. The molecule has 0 radical (unpaired) electrons. The van der Waals surface area contributed by atoms with E-state index in [4.69, 9.17) is 0 Å². The standard InChI is InChI=1S/C16H34O/c1-3-5-7-9-11-13-16(15-17)14-12-10-8-6-4-2/h16-17H,3-15H2,1-2H3. The first-order chi connectivity index (χ1) is 8.35. The second-order valence-corrected chi connectivity index (χ2v) is 5.45. The van der Waals surface area contributed by atoms with E-state index in [0.717, 1.165) is 0 Å². The molecule has 0 spiro atoms. The number of aliphatic hydroxyl groups is 1. The molecule has 0 aromatic carbocycles. The average Bonchev–Trinajstić information content (AvgIpc) is 2.36. The van der Waals surface area contributed by atoms with Gasteiger partial charge in [0.25, 0.3) is 0 Å². The first kappa shape index (κ1) is 17.0. The average molecular weight is 242 g/mol. The van der Waals surface area contributed by atoms with Gasteiger partial charge >= 0.3 is 0 Å². The smallest absolute Gasteiger partial charge is 0.0459 e. The Balaban J connectivity index is 3.30. The van der Waals surface area contributed by atoms with Crippen molar-refractivity contribution < 1.29 is 5.11 Å². The van der Waals surface area contributed by atoms with E-state index in [9.17, 15) is 5.11 Å². The fraction of sp³-hybridized carbons (Fsp3) is 1.00. The van der Waals surface area contributed by atoms with Crippen molar-refractivity contribution in [1.29, 1.82) is 0 Å². The summed E-state index contributed by atoms with van der Waals surface area (Å²) in [7, 11) is 0. The van der Waals surface area contributed by atoms with Crippen LogP contribution in [0.25, 0.3) is 0 Å². The zero-order chi connectivity index (χ0) is 12.8. The van der Waals surface area contributed by atoms with Crippen molar-refractivity contribution in [2.45, 2.75) is 90.9 Å². The number of hydrogen-bond acceptors (Lipinski definition) is 1. The van der Waals surface area contributed by atoms with Crippen molar-refractivity contribution >= 4 is 0 Å². The minimum atomic E-state index is 0.404. The van der Waals surface area contributed by atoms with Gasteiger partial charge in [-0.3, -0.25) is 0 Å². The second-order valence-electron chi connectivity index (χ2n) is 5.45. The maximum atomic E-state index is 9.33. The van der Waals surface area contributed by atoms with Gasteiger partial charge in [0.05, 0.1) is 0 Å². The zero-order valence-electron chi connectivity index (χ0n) is 12.2. The lowest BCUT2D eigenvalue weighted by molar-refractivity contribution is 0.204. The van der Waals surface area contributed by atoms with Crippen LogP contribution in [0.5, 0.6) is 0 Å². The molecule has 0 amide bonds. The molecule has 0 saturated carbocycles. The fourth-order valence-corrected chi connectivity index (χ4v) is 2.40. The molecule has 0 saturated heterocycles. The lowest BCUT2D eigenvalue weighted by atomic mass is 9.95. The number of unbranched alkanes of at least 4 members (excludes halogenated alkanes) is 8. The Bertz CT molecular complexity index is 119. The highest BCUT2D eigenvalue weighted by atomic mass is 16.3. The van der Waals surface area contributed by atoms with Gasteiger partial charge in [0.2, 0.25) is 0 Å². The van der Waals surface area contributed by atoms with Crippen molar-refractivity contribution in [2.75, 3.05) is 6.61 Å². The Hall–Kier alpha value is -0.0400. The van der Waals surface area contributed by atoms with E-state index < -0.39 is 0 Å². The highest BCUT2D eigenvalue weighted by molar-refractivity contribution is 4.59. The van der Waals surface area contributed by atoms with Crippen LogP contribution in [-0.4, -0.2) is 11.7 Å². The van der Waals surface area contributed by atoms with Crippen molar-refractivity contribution in [2.24, 2.45) is 5.92 Å². The molecule has 17 heavy (non-hydrogen) atoms. The van der Waals surface area contributed by atoms with Crippen molar-refractivity contribution in [3.63, 3.8) is 0 Å². The summed E-state index contributed by atoms with van der Waals surface area (Å²) in [4.78, 5) is 0. The number of aliphatic hydroxyl groups excluding tert-OH is 1. The summed E-state index contributed by atoms with van der Waals surface area (Å²) >= 11 is 0. The van der Waals surface area contributed by atoms with Crippen molar-refractivity contribution in [3.8, 4) is 0 Å². The Labute approximate surface area is 109 Å². The summed E-state index contributed by atoms with van der Waals surface area (Å²) < 4.78 is 0. The first-order valence-corrected chi connectivity index (χ1v) is 7.96. The molecule has 0 aromatic heterocycles. The molecule has 104 valence electrons. The summed E-state index contributed by atoms with van der Waals surface area (Å²) in [5, 5.41) is 9.33. The molecule has 1 heteroatoms. The molecule has 0 unspecified atom stereocenters. The summed E-state index contributed by atoms with van der Waals surface area (Å²) in [6.45, 7) is 4.92. The van der Waals surface area contributed by atoms with E-state index in [1.54, 1.807) is 0 Å². The van der Waals surface area contributed by atoms with Gasteiger partial charge in [0.15, 0.2) is 0 Å². The van der Waals surface area contributed by atoms with E-state index in [1.165, 1.54) is 77.0 Å². The van der Waals surface area contributed by atoms with Gasteiger partial charge in [-0.2, -0.15) is 0 Å². The molecule has 0 fully saturated rings. The van der Waals surface area contributed by atoms with Gasteiger partial charge in [0, 0.05) is 6.61 Å². The lowest BCUT2D eigenvalue weighted by Gasteiger charge is -2.13. The van der Waals surface area contributed by atoms with E-state index in [2.05, 4.69) is 13.8 Å². The van der Waals surface area contributed by atoms with Crippen molar-refractivity contribution in [1.82, 2.24) is 0 Å². The molecule has 1 nitrogen and oxygen atoms in total. The van der Waals surface area contributed by atoms with Crippen LogP contribution in [0.1, 0.15) is 90.9 Å². The summed E-state index contributed by atoms with van der Waals surface area (Å²) in [6.07, 6.45) is 16.0. The molecular weight excluding hydrogens is 208 g/mol. The summed E-state index contributed by atoms with van der Waals surface area (Å²) in [5.74, 6) is 0.582. The summed E-state index contributed by atoms with van der Waals surface area (Å²) in [6, 6.07) is 0. The van der Waals surface area contributed by atoms with Gasteiger partial charge in [-0.15, -0.1) is 0 Å². The third kappa shape index (κ3) is 12.2. The first-order valence-electron chi connectivity index (χ1n) is 7.96. The molecule has 0 rings (SSSR count). The molecule has 1 N–H and O–H groups in total. The second kappa shape index (κ2) is 14.0. The molecule has 0 aliphatic rings. The zero-order valence-corrected chi connectivity index (χ0v) is 12.2. The number of hydrogen-bond donors (Lipinski definition) is 1. The van der Waals surface area contributed by atoms with E-state index in [0.29, 0.717) is 12.5 Å². The monoisotopic (exact) mass is 242 g/mol. The van der Waals surface area contributed by atoms with Gasteiger partial charge < -0.3 is 5.11 Å². The normalized spacial score (nSPS) is 11.3. The van der Waals surface area contributed by atoms with Crippen LogP contribution in [-0.2, 0) is 0 Å². The van der Waals surface area contributed by atoms with Crippen LogP contribution in [0.15, 0.2) is 0 Å². The molecule has 0 aliphatic heterocycles.